The van der Waals surface area contributed by atoms with Gasteiger partial charge >= 0.3 is 0 Å². The van der Waals surface area contributed by atoms with Crippen LogP contribution in [0.3, 0.4) is 0 Å². The number of rotatable bonds is 7. The largest absolute Gasteiger partial charge is 0.411 e. The number of amides is 1. The molecule has 0 fully saturated rings. The fourth-order valence-corrected chi connectivity index (χ4v) is 3.58. The zero-order valence-electron chi connectivity index (χ0n) is 16.1. The van der Waals surface area contributed by atoms with E-state index in [9.17, 15) is 4.79 Å². The summed E-state index contributed by atoms with van der Waals surface area (Å²) in [6, 6.07) is 24.2. The molecule has 1 aromatic heterocycles. The van der Waals surface area contributed by atoms with Crippen LogP contribution in [0.2, 0.25) is 0 Å². The number of thioether (sulfide) groups is 1. The van der Waals surface area contributed by atoms with Crippen LogP contribution in [-0.2, 0) is 4.79 Å². The summed E-state index contributed by atoms with van der Waals surface area (Å²) in [6.45, 7) is 0. The third kappa shape index (κ3) is 5.87. The van der Waals surface area contributed by atoms with E-state index in [0.717, 1.165) is 15.7 Å². The van der Waals surface area contributed by atoms with E-state index in [1.54, 1.807) is 24.3 Å². The van der Waals surface area contributed by atoms with Gasteiger partial charge in [0.25, 0.3) is 5.22 Å². The Labute approximate surface area is 191 Å². The zero-order valence-corrected chi connectivity index (χ0v) is 18.5. The molecule has 0 spiro atoms. The number of carbonyl (C=O) groups is 1. The summed E-state index contributed by atoms with van der Waals surface area (Å²) in [6.07, 6.45) is 0. The number of azo groups is 1. The Morgan fingerprint density at radius 3 is 2.32 bits per heavy atom. The smallest absolute Gasteiger partial charge is 0.277 e. The fourth-order valence-electron chi connectivity index (χ4n) is 2.56. The van der Waals surface area contributed by atoms with Crippen molar-refractivity contribution in [3.05, 3.63) is 83.3 Å². The van der Waals surface area contributed by atoms with Crippen molar-refractivity contribution in [1.29, 1.82) is 0 Å². The number of nitrogens with one attached hydrogen (secondary N) is 1. The molecule has 0 bridgehead atoms. The minimum atomic E-state index is -0.177. The third-order valence-electron chi connectivity index (χ3n) is 4.03. The molecule has 3 aromatic carbocycles. The second-order valence-corrected chi connectivity index (χ2v) is 8.05. The van der Waals surface area contributed by atoms with E-state index >= 15 is 0 Å². The number of halogens is 1. The lowest BCUT2D eigenvalue weighted by molar-refractivity contribution is -0.113. The standard InChI is InChI=1S/C22H16BrN5O2S/c23-19-9-5-4-8-18(19)21-27-28-22(30-21)31-14-20(29)24-15-10-12-17(13-11-15)26-25-16-6-2-1-3-7-16/h1-13H,14H2,(H,24,29). The van der Waals surface area contributed by atoms with E-state index in [2.05, 4.69) is 41.7 Å². The Hall–Kier alpha value is -3.30. The van der Waals surface area contributed by atoms with Crippen LogP contribution in [0.15, 0.2) is 103 Å². The van der Waals surface area contributed by atoms with E-state index < -0.39 is 0 Å². The molecule has 1 amide bonds. The van der Waals surface area contributed by atoms with Gasteiger partial charge in [0.1, 0.15) is 0 Å². The summed E-state index contributed by atoms with van der Waals surface area (Å²) in [5, 5.41) is 19.5. The highest BCUT2D eigenvalue weighted by molar-refractivity contribution is 9.10. The van der Waals surface area contributed by atoms with Gasteiger partial charge in [-0.3, -0.25) is 4.79 Å². The molecular weight excluding hydrogens is 478 g/mol. The molecule has 31 heavy (non-hydrogen) atoms. The van der Waals surface area contributed by atoms with Crippen molar-refractivity contribution in [3.63, 3.8) is 0 Å². The van der Waals surface area contributed by atoms with Gasteiger partial charge in [-0.05, 0) is 64.5 Å². The van der Waals surface area contributed by atoms with Crippen LogP contribution in [0.1, 0.15) is 0 Å². The molecule has 4 aromatic rings. The normalized spacial score (nSPS) is 11.0. The fraction of sp³-hybridized carbons (Fsp3) is 0.0455. The molecule has 0 aliphatic carbocycles. The Balaban J connectivity index is 1.29. The molecular formula is C22H16BrN5O2S. The van der Waals surface area contributed by atoms with Crippen molar-refractivity contribution in [1.82, 2.24) is 10.2 Å². The summed E-state index contributed by atoms with van der Waals surface area (Å²) in [5.74, 6) is 0.368. The number of nitrogens with zero attached hydrogens (tertiary/aromatic N) is 4. The molecule has 1 N–H and O–H groups in total. The number of aromatic nitrogens is 2. The van der Waals surface area contributed by atoms with Crippen molar-refractivity contribution in [2.75, 3.05) is 11.1 Å². The van der Waals surface area contributed by atoms with Gasteiger partial charge in [-0.25, -0.2) is 0 Å². The second kappa shape index (κ2) is 10.1. The molecule has 0 saturated carbocycles. The quantitative estimate of drug-likeness (QED) is 0.230. The van der Waals surface area contributed by atoms with E-state index in [0.29, 0.717) is 22.5 Å². The highest BCUT2D eigenvalue weighted by Crippen LogP contribution is 2.29. The predicted octanol–water partition coefficient (Wildman–Crippen LogP) is 6.65. The van der Waals surface area contributed by atoms with Crippen molar-refractivity contribution < 1.29 is 9.21 Å². The van der Waals surface area contributed by atoms with E-state index in [1.807, 2.05) is 54.6 Å². The highest BCUT2D eigenvalue weighted by atomic mass is 79.9. The zero-order chi connectivity index (χ0) is 21.5. The van der Waals surface area contributed by atoms with Gasteiger partial charge in [0.05, 0.1) is 22.7 Å². The van der Waals surface area contributed by atoms with E-state index in [-0.39, 0.29) is 11.7 Å². The Kier molecular flexibility index (Phi) is 6.85. The first kappa shape index (κ1) is 21.0. The topological polar surface area (TPSA) is 92.7 Å². The molecule has 0 radical (unpaired) electrons. The van der Waals surface area contributed by atoms with Crippen molar-refractivity contribution >= 4 is 50.7 Å². The second-order valence-electron chi connectivity index (χ2n) is 6.27. The van der Waals surface area contributed by atoms with Gasteiger partial charge in [0, 0.05) is 10.2 Å². The van der Waals surface area contributed by atoms with Crippen LogP contribution in [0.25, 0.3) is 11.5 Å². The van der Waals surface area contributed by atoms with Crippen molar-refractivity contribution in [2.45, 2.75) is 5.22 Å². The highest BCUT2D eigenvalue weighted by Gasteiger charge is 2.13. The van der Waals surface area contributed by atoms with Crippen LogP contribution in [-0.4, -0.2) is 21.9 Å². The molecule has 9 heteroatoms. The van der Waals surface area contributed by atoms with E-state index in [4.69, 9.17) is 4.42 Å². The van der Waals surface area contributed by atoms with Crippen LogP contribution < -0.4 is 5.32 Å². The van der Waals surface area contributed by atoms with Crippen molar-refractivity contribution in [2.24, 2.45) is 10.2 Å². The SMILES string of the molecule is O=C(CSc1nnc(-c2ccccc2Br)o1)Nc1ccc(N=Nc2ccccc2)cc1. The Bertz CT molecular complexity index is 1200. The number of carbonyl (C=O) groups excluding carboxylic acids is 1. The monoisotopic (exact) mass is 493 g/mol. The number of hydrogen-bond donors (Lipinski definition) is 1. The number of hydrogen-bond acceptors (Lipinski definition) is 7. The van der Waals surface area contributed by atoms with Gasteiger partial charge in [0.15, 0.2) is 0 Å². The average molecular weight is 494 g/mol. The Morgan fingerprint density at radius 1 is 0.903 bits per heavy atom. The molecule has 0 saturated heterocycles. The minimum absolute atomic E-state index is 0.146. The summed E-state index contributed by atoms with van der Waals surface area (Å²) in [4.78, 5) is 12.2. The van der Waals surface area contributed by atoms with Gasteiger partial charge in [-0.15, -0.1) is 10.2 Å². The predicted molar refractivity (Wildman–Crippen MR) is 124 cm³/mol. The van der Waals surface area contributed by atoms with Crippen molar-refractivity contribution in [3.8, 4) is 11.5 Å². The molecule has 0 unspecified atom stereocenters. The van der Waals surface area contributed by atoms with Crippen LogP contribution in [0, 0.1) is 0 Å². The van der Waals surface area contributed by atoms with Crippen LogP contribution in [0.4, 0.5) is 17.1 Å². The molecule has 7 nitrogen and oxygen atoms in total. The summed E-state index contributed by atoms with van der Waals surface area (Å²) in [5.41, 5.74) is 2.95. The maximum atomic E-state index is 12.2. The summed E-state index contributed by atoms with van der Waals surface area (Å²) in [7, 11) is 0. The van der Waals surface area contributed by atoms with Gasteiger partial charge in [0.2, 0.25) is 11.8 Å². The molecule has 0 aliphatic heterocycles. The molecule has 1 heterocycles. The summed E-state index contributed by atoms with van der Waals surface area (Å²) < 4.78 is 6.50. The summed E-state index contributed by atoms with van der Waals surface area (Å²) >= 11 is 4.63. The van der Waals surface area contributed by atoms with E-state index in [1.165, 1.54) is 11.8 Å². The number of anilines is 1. The minimum Gasteiger partial charge on any atom is -0.411 e. The van der Waals surface area contributed by atoms with Crippen LogP contribution >= 0.6 is 27.7 Å². The molecule has 0 aliphatic rings. The first-order chi connectivity index (χ1) is 15.2. The maximum absolute atomic E-state index is 12.2. The Morgan fingerprint density at radius 2 is 1.58 bits per heavy atom. The average Bonchev–Trinajstić information content (AvgIpc) is 3.27. The van der Waals surface area contributed by atoms with Gasteiger partial charge in [-0.2, -0.15) is 10.2 Å². The molecule has 4 rings (SSSR count). The lowest BCUT2D eigenvalue weighted by atomic mass is 10.2. The van der Waals surface area contributed by atoms with Crippen LogP contribution in [0.5, 0.6) is 0 Å². The first-order valence-corrected chi connectivity index (χ1v) is 11.0. The van der Waals surface area contributed by atoms with Gasteiger partial charge in [-0.1, -0.05) is 42.1 Å². The maximum Gasteiger partial charge on any atom is 0.277 e. The van der Waals surface area contributed by atoms with Gasteiger partial charge < -0.3 is 9.73 Å². The lowest BCUT2D eigenvalue weighted by Gasteiger charge is -2.04. The number of benzene rings is 3. The molecule has 0 atom stereocenters. The third-order valence-corrected chi connectivity index (χ3v) is 5.54. The first-order valence-electron chi connectivity index (χ1n) is 9.25. The molecule has 154 valence electrons. The lowest BCUT2D eigenvalue weighted by Crippen LogP contribution is -2.13.